The van der Waals surface area contributed by atoms with E-state index < -0.39 is 0 Å². The first-order valence-corrected chi connectivity index (χ1v) is 7.90. The Hall–Kier alpha value is 0.960. The third-order valence-corrected chi connectivity index (χ3v) is 4.90. The summed E-state index contributed by atoms with van der Waals surface area (Å²) in [4.78, 5) is 1.58. The highest BCUT2D eigenvalue weighted by molar-refractivity contribution is 9.09. The van der Waals surface area contributed by atoms with E-state index in [1.165, 1.54) is 64.2 Å². The number of rotatable bonds is 0. The van der Waals surface area contributed by atoms with Gasteiger partial charge in [-0.1, -0.05) is 70.4 Å². The Morgan fingerprint density at radius 2 is 0.786 bits per heavy atom. The Morgan fingerprint density at radius 3 is 1.14 bits per heavy atom. The lowest BCUT2D eigenvalue weighted by Gasteiger charge is -2.14. The van der Waals surface area contributed by atoms with Crippen LogP contribution in [0, 0.1) is 0 Å². The molecule has 0 spiro atoms. The Labute approximate surface area is 105 Å². The fourth-order valence-corrected chi connectivity index (χ4v) is 3.40. The van der Waals surface area contributed by atoms with Crippen molar-refractivity contribution in [3.8, 4) is 0 Å². The van der Waals surface area contributed by atoms with Crippen molar-refractivity contribution in [3.63, 3.8) is 0 Å². The van der Waals surface area contributed by atoms with Gasteiger partial charge in [-0.3, -0.25) is 0 Å². The summed E-state index contributed by atoms with van der Waals surface area (Å²) < 4.78 is 0. The minimum Gasteiger partial charge on any atom is -0.0891 e. The number of alkyl halides is 2. The van der Waals surface area contributed by atoms with Crippen molar-refractivity contribution < 1.29 is 0 Å². The van der Waals surface area contributed by atoms with E-state index in [0.717, 1.165) is 9.65 Å². The molecule has 1 rings (SSSR count). The number of halogens is 2. The van der Waals surface area contributed by atoms with E-state index >= 15 is 0 Å². The molecule has 1 aliphatic rings. The standard InChI is InChI=1S/C12H22Br2/c13-11-7-3-1-2-4-8-12(14)10-6-5-9-11/h11-12H,1-10H2. The molecular formula is C12H22Br2. The van der Waals surface area contributed by atoms with Crippen molar-refractivity contribution in [1.29, 1.82) is 0 Å². The lowest BCUT2D eigenvalue weighted by Crippen LogP contribution is -2.02. The first-order chi connectivity index (χ1) is 6.79. The van der Waals surface area contributed by atoms with E-state index in [4.69, 9.17) is 0 Å². The molecule has 0 aromatic carbocycles. The molecule has 0 N–H and O–H groups in total. The molecule has 1 saturated carbocycles. The van der Waals surface area contributed by atoms with Gasteiger partial charge in [-0.05, 0) is 25.7 Å². The maximum absolute atomic E-state index is 3.78. The van der Waals surface area contributed by atoms with Crippen molar-refractivity contribution in [2.24, 2.45) is 0 Å². The summed E-state index contributed by atoms with van der Waals surface area (Å²) >= 11 is 7.56. The highest BCUT2D eigenvalue weighted by Gasteiger charge is 2.08. The average molecular weight is 326 g/mol. The van der Waals surface area contributed by atoms with E-state index in [9.17, 15) is 0 Å². The second kappa shape index (κ2) is 8.15. The van der Waals surface area contributed by atoms with E-state index in [1.807, 2.05) is 0 Å². The molecule has 0 nitrogen and oxygen atoms in total. The van der Waals surface area contributed by atoms with Gasteiger partial charge in [-0.2, -0.15) is 0 Å². The molecule has 1 aliphatic carbocycles. The van der Waals surface area contributed by atoms with Gasteiger partial charge in [0.15, 0.2) is 0 Å². The molecule has 0 aromatic rings. The molecular weight excluding hydrogens is 304 g/mol. The maximum Gasteiger partial charge on any atom is 0.0145 e. The summed E-state index contributed by atoms with van der Waals surface area (Å²) in [6.07, 6.45) is 14.0. The topological polar surface area (TPSA) is 0 Å². The second-order valence-electron chi connectivity index (χ2n) is 4.47. The number of hydrogen-bond donors (Lipinski definition) is 0. The van der Waals surface area contributed by atoms with Crippen LogP contribution in [-0.2, 0) is 0 Å². The first-order valence-electron chi connectivity index (χ1n) is 6.07. The van der Waals surface area contributed by atoms with Crippen LogP contribution in [0.1, 0.15) is 64.2 Å². The Bertz CT molecular complexity index is 120. The van der Waals surface area contributed by atoms with E-state index in [2.05, 4.69) is 31.9 Å². The van der Waals surface area contributed by atoms with E-state index in [0.29, 0.717) is 0 Å². The van der Waals surface area contributed by atoms with Crippen molar-refractivity contribution in [1.82, 2.24) is 0 Å². The fourth-order valence-electron chi connectivity index (χ4n) is 2.11. The Morgan fingerprint density at radius 1 is 0.500 bits per heavy atom. The SMILES string of the molecule is BrC1CCCCCCC(Br)CCCC1. The summed E-state index contributed by atoms with van der Waals surface area (Å²) in [6.45, 7) is 0. The van der Waals surface area contributed by atoms with Gasteiger partial charge >= 0.3 is 0 Å². The van der Waals surface area contributed by atoms with Gasteiger partial charge in [0.05, 0.1) is 0 Å². The van der Waals surface area contributed by atoms with E-state index in [1.54, 1.807) is 0 Å². The van der Waals surface area contributed by atoms with Crippen molar-refractivity contribution >= 4 is 31.9 Å². The summed E-state index contributed by atoms with van der Waals surface area (Å²) in [5, 5.41) is 0. The molecule has 0 saturated heterocycles. The zero-order chi connectivity index (χ0) is 10.2. The smallest absolute Gasteiger partial charge is 0.0145 e. The molecule has 2 heteroatoms. The molecule has 0 radical (unpaired) electrons. The molecule has 0 aromatic heterocycles. The second-order valence-corrected chi connectivity index (χ2v) is 7.06. The van der Waals surface area contributed by atoms with Gasteiger partial charge in [-0.15, -0.1) is 0 Å². The van der Waals surface area contributed by atoms with Crippen LogP contribution in [0.3, 0.4) is 0 Å². The van der Waals surface area contributed by atoms with Crippen molar-refractivity contribution in [2.45, 2.75) is 73.9 Å². The molecule has 0 amide bonds. The van der Waals surface area contributed by atoms with Crippen molar-refractivity contribution in [2.75, 3.05) is 0 Å². The monoisotopic (exact) mass is 324 g/mol. The minimum atomic E-state index is 0.788. The fraction of sp³-hybridized carbons (Fsp3) is 1.00. The van der Waals surface area contributed by atoms with Crippen LogP contribution >= 0.6 is 31.9 Å². The van der Waals surface area contributed by atoms with Crippen LogP contribution in [0.25, 0.3) is 0 Å². The van der Waals surface area contributed by atoms with Crippen LogP contribution in [0.2, 0.25) is 0 Å². The normalized spacial score (nSPS) is 33.0. The quantitative estimate of drug-likeness (QED) is 0.521. The first kappa shape index (κ1) is 13.0. The summed E-state index contributed by atoms with van der Waals surface area (Å²) in [5.74, 6) is 0. The lowest BCUT2D eigenvalue weighted by atomic mass is 10.0. The zero-order valence-electron chi connectivity index (χ0n) is 8.98. The van der Waals surface area contributed by atoms with Gasteiger partial charge in [0.1, 0.15) is 0 Å². The molecule has 2 atom stereocenters. The van der Waals surface area contributed by atoms with Gasteiger partial charge in [0, 0.05) is 9.65 Å². The predicted molar refractivity (Wildman–Crippen MR) is 71.6 cm³/mol. The largest absolute Gasteiger partial charge is 0.0891 e. The Kier molecular flexibility index (Phi) is 7.58. The highest BCUT2D eigenvalue weighted by atomic mass is 79.9. The van der Waals surface area contributed by atoms with Crippen molar-refractivity contribution in [3.05, 3.63) is 0 Å². The summed E-state index contributed by atoms with van der Waals surface area (Å²) in [7, 11) is 0. The molecule has 0 aliphatic heterocycles. The van der Waals surface area contributed by atoms with Crippen LogP contribution in [0.4, 0.5) is 0 Å². The molecule has 0 bridgehead atoms. The summed E-state index contributed by atoms with van der Waals surface area (Å²) in [5.41, 5.74) is 0. The molecule has 14 heavy (non-hydrogen) atoms. The van der Waals surface area contributed by atoms with Gasteiger partial charge in [-0.25, -0.2) is 0 Å². The molecule has 2 unspecified atom stereocenters. The zero-order valence-corrected chi connectivity index (χ0v) is 12.2. The highest BCUT2D eigenvalue weighted by Crippen LogP contribution is 2.23. The maximum atomic E-state index is 3.78. The van der Waals surface area contributed by atoms with E-state index in [-0.39, 0.29) is 0 Å². The van der Waals surface area contributed by atoms with Gasteiger partial charge < -0.3 is 0 Å². The van der Waals surface area contributed by atoms with Crippen LogP contribution in [0.15, 0.2) is 0 Å². The third kappa shape index (κ3) is 6.44. The van der Waals surface area contributed by atoms with Crippen LogP contribution < -0.4 is 0 Å². The van der Waals surface area contributed by atoms with Crippen LogP contribution in [-0.4, -0.2) is 9.65 Å². The molecule has 1 fully saturated rings. The molecule has 0 heterocycles. The summed E-state index contributed by atoms with van der Waals surface area (Å²) in [6, 6.07) is 0. The minimum absolute atomic E-state index is 0.788. The predicted octanol–water partition coefficient (Wildman–Crippen LogP) is 5.43. The molecule has 84 valence electrons. The van der Waals surface area contributed by atoms with Gasteiger partial charge in [0.25, 0.3) is 0 Å². The average Bonchev–Trinajstić information content (AvgIpc) is 2.16. The lowest BCUT2D eigenvalue weighted by molar-refractivity contribution is 0.521. The van der Waals surface area contributed by atoms with Crippen LogP contribution in [0.5, 0.6) is 0 Å². The Balaban J connectivity index is 2.20. The number of hydrogen-bond acceptors (Lipinski definition) is 0. The van der Waals surface area contributed by atoms with Gasteiger partial charge in [0.2, 0.25) is 0 Å². The third-order valence-electron chi connectivity index (χ3n) is 3.07.